The van der Waals surface area contributed by atoms with Gasteiger partial charge in [-0.25, -0.2) is 13.2 Å². The van der Waals surface area contributed by atoms with Crippen LogP contribution < -0.4 is 10.5 Å². The van der Waals surface area contributed by atoms with Crippen LogP contribution in [0, 0.1) is 22.9 Å². The lowest BCUT2D eigenvalue weighted by molar-refractivity contribution is -0.153. The fraction of sp³-hybridized carbons (Fsp3) is 0.429. The molecule has 1 aliphatic heterocycles. The van der Waals surface area contributed by atoms with E-state index in [0.717, 1.165) is 17.5 Å². The molecule has 0 radical (unpaired) electrons. The van der Waals surface area contributed by atoms with Crippen LogP contribution in [0.4, 0.5) is 13.2 Å². The van der Waals surface area contributed by atoms with Gasteiger partial charge in [0.05, 0.1) is 24.1 Å². The van der Waals surface area contributed by atoms with E-state index in [-0.39, 0.29) is 19.4 Å². The van der Waals surface area contributed by atoms with Crippen LogP contribution in [0.25, 0.3) is 10.9 Å². The number of hydrogen-bond acceptors (Lipinski definition) is 7. The summed E-state index contributed by atoms with van der Waals surface area (Å²) in [6, 6.07) is 7.34. The highest BCUT2D eigenvalue weighted by atomic mass is 32.2. The molecule has 4 N–H and O–H groups in total. The summed E-state index contributed by atoms with van der Waals surface area (Å²) in [6.45, 7) is 1.85. The Bertz CT molecular complexity index is 1310. The largest absolute Gasteiger partial charge is 0.497 e. The summed E-state index contributed by atoms with van der Waals surface area (Å²) < 4.78 is 45.4. The molecule has 11 heteroatoms. The second-order valence-electron chi connectivity index (χ2n) is 9.82. The number of halogens is 3. The lowest BCUT2D eigenvalue weighted by atomic mass is 9.74. The number of aliphatic hydroxyl groups excluding tert-OH is 1. The quantitative estimate of drug-likeness (QED) is 0.224. The van der Waals surface area contributed by atoms with E-state index in [1.807, 2.05) is 0 Å². The molecule has 3 aromatic rings. The van der Waals surface area contributed by atoms with Gasteiger partial charge in [0.25, 0.3) is 0 Å². The highest BCUT2D eigenvalue weighted by molar-refractivity contribution is 7.99. The molecule has 0 spiro atoms. The number of hydrogen-bond donors (Lipinski definition) is 3. The number of nitrogens with zero attached hydrogens (tertiary/aromatic N) is 2. The van der Waals surface area contributed by atoms with Gasteiger partial charge in [-0.05, 0) is 80.2 Å². The summed E-state index contributed by atoms with van der Waals surface area (Å²) in [5.74, 6) is -3.68. The Labute approximate surface area is 229 Å². The number of aromatic nitrogens is 1. The van der Waals surface area contributed by atoms with E-state index in [0.29, 0.717) is 65.5 Å². The van der Waals surface area contributed by atoms with E-state index in [1.54, 1.807) is 31.5 Å². The fourth-order valence-corrected chi connectivity index (χ4v) is 6.12. The molecule has 1 atom stereocenters. The predicted molar refractivity (Wildman–Crippen MR) is 143 cm³/mol. The van der Waals surface area contributed by atoms with Crippen molar-refractivity contribution in [2.75, 3.05) is 32.5 Å². The monoisotopic (exact) mass is 563 g/mol. The number of thioether (sulfide) groups is 1. The average molecular weight is 564 g/mol. The van der Waals surface area contributed by atoms with Crippen LogP contribution in [0.2, 0.25) is 0 Å². The van der Waals surface area contributed by atoms with E-state index in [9.17, 15) is 28.2 Å². The topological polar surface area (TPSA) is 109 Å². The first-order valence-electron chi connectivity index (χ1n) is 12.7. The average Bonchev–Trinajstić information content (AvgIpc) is 2.94. The number of rotatable bonds is 11. The molecule has 0 saturated carbocycles. The van der Waals surface area contributed by atoms with Crippen LogP contribution in [-0.2, 0) is 11.3 Å². The van der Waals surface area contributed by atoms with Gasteiger partial charge in [-0.3, -0.25) is 9.78 Å². The van der Waals surface area contributed by atoms with E-state index in [1.165, 1.54) is 11.8 Å². The first-order chi connectivity index (χ1) is 18.7. The third-order valence-electron chi connectivity index (χ3n) is 7.55. The number of aliphatic hydroxyl groups is 1. The van der Waals surface area contributed by atoms with Crippen LogP contribution in [0.15, 0.2) is 41.4 Å². The molecule has 7 nitrogen and oxygen atoms in total. The summed E-state index contributed by atoms with van der Waals surface area (Å²) in [5, 5.41) is 22.1. The molecular formula is C28H32F3N3O4S. The molecule has 2 heterocycles. The number of fused-ring (bicyclic) bond motifs is 1. The van der Waals surface area contributed by atoms with Gasteiger partial charge >= 0.3 is 5.97 Å². The van der Waals surface area contributed by atoms with Gasteiger partial charge in [0.2, 0.25) is 0 Å². The smallest absolute Gasteiger partial charge is 0.309 e. The first kappa shape index (κ1) is 29.1. The minimum atomic E-state index is -1.48. The number of pyridine rings is 1. The van der Waals surface area contributed by atoms with Gasteiger partial charge in [0.1, 0.15) is 5.75 Å². The van der Waals surface area contributed by atoms with E-state index >= 15 is 0 Å². The number of carboxylic acids is 1. The van der Waals surface area contributed by atoms with Crippen LogP contribution in [-0.4, -0.2) is 58.6 Å². The summed E-state index contributed by atoms with van der Waals surface area (Å²) in [5.41, 5.74) is 6.99. The Balaban J connectivity index is 1.38. The molecule has 0 bridgehead atoms. The van der Waals surface area contributed by atoms with Gasteiger partial charge < -0.3 is 25.6 Å². The number of nitrogens with two attached hydrogens (primary N) is 1. The van der Waals surface area contributed by atoms with Crippen LogP contribution in [0.3, 0.4) is 0 Å². The molecule has 0 aliphatic carbocycles. The second kappa shape index (κ2) is 12.5. The highest BCUT2D eigenvalue weighted by Gasteiger charge is 2.41. The van der Waals surface area contributed by atoms with Gasteiger partial charge in [-0.15, -0.1) is 11.8 Å². The molecule has 0 amide bonds. The van der Waals surface area contributed by atoms with Crippen LogP contribution in [0.5, 0.6) is 5.75 Å². The van der Waals surface area contributed by atoms with Gasteiger partial charge in [-0.2, -0.15) is 0 Å². The Kier molecular flexibility index (Phi) is 9.37. The van der Waals surface area contributed by atoms with Crippen LogP contribution in [0.1, 0.15) is 42.9 Å². The van der Waals surface area contributed by atoms with E-state index in [2.05, 4.69) is 9.88 Å². The zero-order valence-corrected chi connectivity index (χ0v) is 22.4. The second-order valence-corrected chi connectivity index (χ2v) is 11.0. The number of piperidine rings is 1. The first-order valence-corrected chi connectivity index (χ1v) is 13.7. The molecule has 39 heavy (non-hydrogen) atoms. The molecule has 1 aliphatic rings. The molecule has 0 unspecified atom stereocenters. The summed E-state index contributed by atoms with van der Waals surface area (Å²) in [4.78, 5) is 19.2. The SMILES string of the molecule is COc1ccc2ncc(CN)c([C@@H](O)CCC3(C(=O)O)CCN(CCSc4cc(F)c(F)c(F)c4)CC3)c2c1. The zero-order valence-electron chi connectivity index (χ0n) is 21.6. The third kappa shape index (κ3) is 6.49. The minimum Gasteiger partial charge on any atom is -0.497 e. The van der Waals surface area contributed by atoms with Crippen molar-refractivity contribution in [3.63, 3.8) is 0 Å². The van der Waals surface area contributed by atoms with E-state index in [4.69, 9.17) is 10.5 Å². The molecule has 4 rings (SSSR count). The zero-order chi connectivity index (χ0) is 28.2. The Morgan fingerprint density at radius 2 is 1.90 bits per heavy atom. The highest BCUT2D eigenvalue weighted by Crippen LogP contribution is 2.40. The molecule has 1 saturated heterocycles. The lowest BCUT2D eigenvalue weighted by Crippen LogP contribution is -2.45. The number of methoxy groups -OCH3 is 1. The molecule has 1 fully saturated rings. The van der Waals surface area contributed by atoms with E-state index < -0.39 is 34.9 Å². The maximum Gasteiger partial charge on any atom is 0.309 e. The number of carbonyl (C=O) groups is 1. The summed E-state index contributed by atoms with van der Waals surface area (Å²) in [6.07, 6.45) is 2.07. The van der Waals surface area contributed by atoms with Crippen molar-refractivity contribution < 1.29 is 32.9 Å². The Morgan fingerprint density at radius 1 is 1.21 bits per heavy atom. The molecule has 210 valence electrons. The van der Waals surface area contributed by atoms with Gasteiger partial charge in [0.15, 0.2) is 17.5 Å². The van der Waals surface area contributed by atoms with Crippen molar-refractivity contribution in [1.29, 1.82) is 0 Å². The maximum atomic E-state index is 13.4. The Morgan fingerprint density at radius 3 is 2.51 bits per heavy atom. The number of likely N-dealkylation sites (tertiary alicyclic amines) is 1. The van der Waals surface area contributed by atoms with Crippen molar-refractivity contribution in [1.82, 2.24) is 9.88 Å². The predicted octanol–water partition coefficient (Wildman–Crippen LogP) is 4.89. The van der Waals surface area contributed by atoms with Crippen molar-refractivity contribution in [3.8, 4) is 5.75 Å². The van der Waals surface area contributed by atoms with Crippen molar-refractivity contribution in [2.24, 2.45) is 11.1 Å². The molecular weight excluding hydrogens is 531 g/mol. The van der Waals surface area contributed by atoms with Crippen molar-refractivity contribution >= 4 is 28.6 Å². The van der Waals surface area contributed by atoms with Crippen LogP contribution >= 0.6 is 11.8 Å². The van der Waals surface area contributed by atoms with Gasteiger partial charge in [-0.1, -0.05) is 0 Å². The number of ether oxygens (including phenoxy) is 1. The summed E-state index contributed by atoms with van der Waals surface area (Å²) in [7, 11) is 1.56. The van der Waals surface area contributed by atoms with Gasteiger partial charge in [0, 0.05) is 35.3 Å². The number of aliphatic carboxylic acids is 1. The maximum absolute atomic E-state index is 13.4. The number of carboxylic acid groups (broad SMARTS) is 1. The lowest BCUT2D eigenvalue weighted by Gasteiger charge is -2.39. The normalized spacial score (nSPS) is 16.4. The summed E-state index contributed by atoms with van der Waals surface area (Å²) >= 11 is 1.21. The Hall–Kier alpha value is -2.86. The molecule has 1 aromatic heterocycles. The van der Waals surface area contributed by atoms with Crippen molar-refractivity contribution in [3.05, 3.63) is 65.1 Å². The third-order valence-corrected chi connectivity index (χ3v) is 8.50. The van der Waals surface area contributed by atoms with Crippen molar-refractivity contribution in [2.45, 2.75) is 43.2 Å². The number of benzene rings is 2. The molecule has 2 aromatic carbocycles. The standard InChI is InChI=1S/C28H32F3N3O4S/c1-38-18-2-3-23-20(12-18)25(17(15-32)16-33-23)24(35)4-5-28(27(36)37)6-8-34(9-7-28)10-11-39-19-13-21(29)26(31)22(30)14-19/h2-3,12-14,16,24,35H,4-11,15,32H2,1H3,(H,36,37)/t24-/m0/s1. The fourth-order valence-electron chi connectivity index (χ4n) is 5.16. The minimum absolute atomic E-state index is 0.181.